The number of halogens is 2. The number of ether oxygens (including phenoxy) is 1. The molecule has 5 nitrogen and oxygen atoms in total. The molecule has 2 heterocycles. The van der Waals surface area contributed by atoms with Gasteiger partial charge in [-0.15, -0.1) is 0 Å². The number of hydrogen-bond donors (Lipinski definition) is 0. The Balaban J connectivity index is 1.51. The number of carbonyl (C=O) groups is 2. The van der Waals surface area contributed by atoms with Gasteiger partial charge in [-0.2, -0.15) is 0 Å². The van der Waals surface area contributed by atoms with E-state index in [2.05, 4.69) is 0 Å². The van der Waals surface area contributed by atoms with Gasteiger partial charge in [-0.25, -0.2) is 0 Å². The number of amides is 2. The van der Waals surface area contributed by atoms with Gasteiger partial charge in [0.15, 0.2) is 0 Å². The number of piperazine rings is 1. The summed E-state index contributed by atoms with van der Waals surface area (Å²) >= 11 is 11.8. The molecule has 0 radical (unpaired) electrons. The van der Waals surface area contributed by atoms with Gasteiger partial charge in [0.1, 0.15) is 6.10 Å². The summed E-state index contributed by atoms with van der Waals surface area (Å²) in [5.41, 5.74) is 0.815. The van der Waals surface area contributed by atoms with Gasteiger partial charge in [-0.3, -0.25) is 9.59 Å². The second kappa shape index (κ2) is 8.21. The maximum Gasteiger partial charge on any atom is 0.251 e. The fourth-order valence-corrected chi connectivity index (χ4v) is 3.32. The molecule has 134 valence electrons. The lowest BCUT2D eigenvalue weighted by Gasteiger charge is -2.35. The third-order valence-corrected chi connectivity index (χ3v) is 5.21. The summed E-state index contributed by atoms with van der Waals surface area (Å²) in [7, 11) is 0. The Kier molecular flexibility index (Phi) is 5.99. The fourth-order valence-electron chi connectivity index (χ4n) is 3.01. The normalized spacial score (nSPS) is 21.1. The maximum absolute atomic E-state index is 12.3. The standard InChI is InChI=1S/C18H20Cl2N2O3/c19-14-5-3-13(12-15(14)20)4-6-17(23)21-7-9-22(10-8-21)18(24)16-2-1-11-25-16/h3-6,12,16H,1-2,7-11H2. The molecule has 0 spiro atoms. The third-order valence-electron chi connectivity index (χ3n) is 4.47. The first-order valence-electron chi connectivity index (χ1n) is 8.37. The molecule has 3 rings (SSSR count). The van der Waals surface area contributed by atoms with Crippen LogP contribution in [-0.2, 0) is 14.3 Å². The van der Waals surface area contributed by atoms with E-state index in [9.17, 15) is 9.59 Å². The van der Waals surface area contributed by atoms with Crippen LogP contribution in [0.4, 0.5) is 0 Å². The van der Waals surface area contributed by atoms with Crippen molar-refractivity contribution < 1.29 is 14.3 Å². The number of carbonyl (C=O) groups excluding carboxylic acids is 2. The van der Waals surface area contributed by atoms with E-state index < -0.39 is 0 Å². The Morgan fingerprint density at radius 1 is 1.08 bits per heavy atom. The molecule has 1 unspecified atom stereocenters. The van der Waals surface area contributed by atoms with Crippen molar-refractivity contribution >= 4 is 41.1 Å². The number of nitrogens with zero attached hydrogens (tertiary/aromatic N) is 2. The van der Waals surface area contributed by atoms with Gasteiger partial charge in [0.2, 0.25) is 5.91 Å². The van der Waals surface area contributed by atoms with Crippen molar-refractivity contribution in [1.29, 1.82) is 0 Å². The Labute approximate surface area is 157 Å². The zero-order chi connectivity index (χ0) is 17.8. The minimum absolute atomic E-state index is 0.0518. The molecule has 2 saturated heterocycles. The number of hydrogen-bond acceptors (Lipinski definition) is 3. The van der Waals surface area contributed by atoms with Crippen molar-refractivity contribution in [3.8, 4) is 0 Å². The van der Waals surface area contributed by atoms with Gasteiger partial charge >= 0.3 is 0 Å². The molecule has 1 atom stereocenters. The van der Waals surface area contributed by atoms with Crippen LogP contribution in [0.15, 0.2) is 24.3 Å². The maximum atomic E-state index is 12.3. The Morgan fingerprint density at radius 3 is 2.44 bits per heavy atom. The minimum atomic E-state index is -0.295. The molecule has 0 saturated carbocycles. The van der Waals surface area contributed by atoms with Crippen molar-refractivity contribution in [3.63, 3.8) is 0 Å². The van der Waals surface area contributed by atoms with E-state index in [0.717, 1.165) is 18.4 Å². The highest BCUT2D eigenvalue weighted by molar-refractivity contribution is 6.42. The monoisotopic (exact) mass is 382 g/mol. The van der Waals surface area contributed by atoms with E-state index in [1.807, 2.05) is 0 Å². The zero-order valence-corrected chi connectivity index (χ0v) is 15.3. The van der Waals surface area contributed by atoms with Crippen LogP contribution in [0.2, 0.25) is 10.0 Å². The topological polar surface area (TPSA) is 49.9 Å². The lowest BCUT2D eigenvalue weighted by atomic mass is 10.2. The van der Waals surface area contributed by atoms with Crippen molar-refractivity contribution in [2.75, 3.05) is 32.8 Å². The summed E-state index contributed by atoms with van der Waals surface area (Å²) in [6.45, 7) is 2.82. The van der Waals surface area contributed by atoms with E-state index >= 15 is 0 Å². The van der Waals surface area contributed by atoms with Crippen LogP contribution >= 0.6 is 23.2 Å². The fraction of sp³-hybridized carbons (Fsp3) is 0.444. The second-order valence-electron chi connectivity index (χ2n) is 6.16. The van der Waals surface area contributed by atoms with Crippen LogP contribution in [0, 0.1) is 0 Å². The molecule has 0 N–H and O–H groups in total. The smallest absolute Gasteiger partial charge is 0.251 e. The first kappa shape index (κ1) is 18.2. The van der Waals surface area contributed by atoms with Crippen LogP contribution in [0.1, 0.15) is 18.4 Å². The van der Waals surface area contributed by atoms with E-state index in [-0.39, 0.29) is 17.9 Å². The molecule has 2 fully saturated rings. The largest absolute Gasteiger partial charge is 0.368 e. The van der Waals surface area contributed by atoms with Crippen LogP contribution in [-0.4, -0.2) is 60.5 Å². The van der Waals surface area contributed by atoms with E-state index in [1.54, 1.807) is 34.1 Å². The summed E-state index contributed by atoms with van der Waals surface area (Å²) in [5, 5.41) is 0.940. The summed E-state index contributed by atoms with van der Waals surface area (Å²) in [6.07, 6.45) is 4.68. The number of rotatable bonds is 3. The molecular formula is C18H20Cl2N2O3. The van der Waals surface area contributed by atoms with Gasteiger partial charge in [0.25, 0.3) is 5.91 Å². The quantitative estimate of drug-likeness (QED) is 0.755. The first-order valence-corrected chi connectivity index (χ1v) is 9.12. The van der Waals surface area contributed by atoms with E-state index in [1.165, 1.54) is 6.08 Å². The summed E-state index contributed by atoms with van der Waals surface area (Å²) in [5.74, 6) is -0.0220. The molecule has 0 aliphatic carbocycles. The van der Waals surface area contributed by atoms with Crippen LogP contribution in [0.5, 0.6) is 0 Å². The molecule has 7 heteroatoms. The Bertz CT molecular complexity index is 679. The molecule has 25 heavy (non-hydrogen) atoms. The summed E-state index contributed by atoms with van der Waals surface area (Å²) < 4.78 is 5.44. The van der Waals surface area contributed by atoms with Gasteiger partial charge in [-0.1, -0.05) is 29.3 Å². The van der Waals surface area contributed by atoms with Crippen LogP contribution < -0.4 is 0 Å². The SMILES string of the molecule is O=C(C=Cc1ccc(Cl)c(Cl)c1)N1CCN(C(=O)C2CCCO2)CC1. The molecule has 1 aromatic carbocycles. The third kappa shape index (κ3) is 4.54. The average Bonchev–Trinajstić information content (AvgIpc) is 3.16. The molecule has 0 aromatic heterocycles. The summed E-state index contributed by atoms with van der Waals surface area (Å²) in [4.78, 5) is 28.2. The molecular weight excluding hydrogens is 363 g/mol. The molecule has 2 aliphatic rings. The van der Waals surface area contributed by atoms with Crippen molar-refractivity contribution in [3.05, 3.63) is 39.9 Å². The lowest BCUT2D eigenvalue weighted by Crippen LogP contribution is -2.52. The number of benzene rings is 1. The van der Waals surface area contributed by atoms with Gasteiger partial charge in [0, 0.05) is 38.9 Å². The molecule has 2 amide bonds. The van der Waals surface area contributed by atoms with Gasteiger partial charge in [-0.05, 0) is 36.6 Å². The van der Waals surface area contributed by atoms with E-state index in [4.69, 9.17) is 27.9 Å². The van der Waals surface area contributed by atoms with Gasteiger partial charge in [0.05, 0.1) is 10.0 Å². The van der Waals surface area contributed by atoms with Crippen molar-refractivity contribution in [1.82, 2.24) is 9.80 Å². The summed E-state index contributed by atoms with van der Waals surface area (Å²) in [6, 6.07) is 5.21. The second-order valence-corrected chi connectivity index (χ2v) is 6.97. The minimum Gasteiger partial charge on any atom is -0.368 e. The predicted molar refractivity (Wildman–Crippen MR) is 97.6 cm³/mol. The lowest BCUT2D eigenvalue weighted by molar-refractivity contribution is -0.144. The predicted octanol–water partition coefficient (Wildman–Crippen LogP) is 2.86. The van der Waals surface area contributed by atoms with Crippen LogP contribution in [0.3, 0.4) is 0 Å². The molecule has 2 aliphatic heterocycles. The van der Waals surface area contributed by atoms with Crippen molar-refractivity contribution in [2.24, 2.45) is 0 Å². The molecule has 0 bridgehead atoms. The highest BCUT2D eigenvalue weighted by Crippen LogP contribution is 2.23. The Morgan fingerprint density at radius 2 is 1.80 bits per heavy atom. The highest BCUT2D eigenvalue weighted by Gasteiger charge is 2.30. The first-order chi connectivity index (χ1) is 12.0. The highest BCUT2D eigenvalue weighted by atomic mass is 35.5. The van der Waals surface area contributed by atoms with Gasteiger partial charge < -0.3 is 14.5 Å². The Hall–Kier alpha value is -1.56. The average molecular weight is 383 g/mol. The van der Waals surface area contributed by atoms with Crippen molar-refractivity contribution in [2.45, 2.75) is 18.9 Å². The van der Waals surface area contributed by atoms with E-state index in [0.29, 0.717) is 42.8 Å². The zero-order valence-electron chi connectivity index (χ0n) is 13.8. The molecule has 1 aromatic rings. The van der Waals surface area contributed by atoms with Crippen LogP contribution in [0.25, 0.3) is 6.08 Å².